The first-order valence-electron chi connectivity index (χ1n) is 8.43. The van der Waals surface area contributed by atoms with Gasteiger partial charge in [-0.15, -0.1) is 32.0 Å². The summed E-state index contributed by atoms with van der Waals surface area (Å²) in [7, 11) is 1.21. The zero-order valence-corrected chi connectivity index (χ0v) is 17.0. The number of methoxy groups -OCH3 is 1. The minimum absolute atomic E-state index is 0.00516. The summed E-state index contributed by atoms with van der Waals surface area (Å²) in [6.45, 7) is -1.33. The van der Waals surface area contributed by atoms with Gasteiger partial charge in [-0.1, -0.05) is 18.2 Å². The van der Waals surface area contributed by atoms with E-state index in [1.54, 1.807) is 0 Å². The molecule has 1 rings (SSSR count). The van der Waals surface area contributed by atoms with Gasteiger partial charge in [0.05, 0.1) is 13.5 Å². The second-order valence-electron chi connectivity index (χ2n) is 5.71. The Bertz CT molecular complexity index is 797. The number of hydrogen-bond donors (Lipinski definition) is 1. The molecule has 0 saturated heterocycles. The van der Waals surface area contributed by atoms with E-state index in [9.17, 15) is 34.6 Å². The van der Waals surface area contributed by atoms with Gasteiger partial charge in [-0.3, -0.25) is 9.59 Å². The molecule has 0 aliphatic heterocycles. The van der Waals surface area contributed by atoms with Crippen molar-refractivity contribution in [3.63, 3.8) is 0 Å². The molecule has 0 heterocycles. The molecular weight excluding hydrogens is 442 g/mol. The third-order valence-corrected chi connectivity index (χ3v) is 4.46. The van der Waals surface area contributed by atoms with Crippen molar-refractivity contribution in [1.29, 1.82) is 0 Å². The van der Waals surface area contributed by atoms with Crippen LogP contribution in [0.4, 0.5) is 0 Å². The number of thioether (sulfide) groups is 1. The monoisotopic (exact) mass is 461 g/mol. The summed E-state index contributed by atoms with van der Waals surface area (Å²) in [6, 6.07) is 4.15. The molecule has 0 amide bonds. The second-order valence-corrected chi connectivity index (χ2v) is 6.96. The fourth-order valence-corrected chi connectivity index (χ4v) is 2.91. The van der Waals surface area contributed by atoms with Gasteiger partial charge in [0.25, 0.3) is 16.0 Å². The lowest BCUT2D eigenvalue weighted by Crippen LogP contribution is -2.34. The molecule has 0 aliphatic carbocycles. The molecular formula is C16H19N3O11S. The van der Waals surface area contributed by atoms with Gasteiger partial charge in [0.1, 0.15) is 25.2 Å². The Morgan fingerprint density at radius 2 is 1.48 bits per heavy atom. The summed E-state index contributed by atoms with van der Waals surface area (Å²) in [5.41, 5.74) is 6.39. The van der Waals surface area contributed by atoms with E-state index in [0.717, 1.165) is 11.8 Å². The first-order valence-corrected chi connectivity index (χ1v) is 9.48. The Kier molecular flexibility index (Phi) is 10.7. The van der Waals surface area contributed by atoms with Crippen molar-refractivity contribution in [1.82, 2.24) is 0 Å². The zero-order valence-electron chi connectivity index (χ0n) is 16.2. The van der Waals surface area contributed by atoms with Crippen LogP contribution >= 0.6 is 11.8 Å². The van der Waals surface area contributed by atoms with Crippen LogP contribution < -0.4 is 5.73 Å². The van der Waals surface area contributed by atoms with Gasteiger partial charge in [0.2, 0.25) is 0 Å². The maximum Gasteiger partial charge on any atom is 0.377 e. The van der Waals surface area contributed by atoms with Crippen LogP contribution in [0.3, 0.4) is 0 Å². The molecule has 0 bridgehead atoms. The molecule has 0 saturated carbocycles. The van der Waals surface area contributed by atoms with Crippen molar-refractivity contribution in [2.24, 2.45) is 5.73 Å². The van der Waals surface area contributed by atoms with Crippen LogP contribution in [0.1, 0.15) is 23.1 Å². The summed E-state index contributed by atoms with van der Waals surface area (Å²) in [4.78, 5) is 64.2. The van der Waals surface area contributed by atoms with Crippen molar-refractivity contribution in [2.45, 2.75) is 31.6 Å². The van der Waals surface area contributed by atoms with E-state index in [1.807, 2.05) is 0 Å². The number of Topliss-reactive ketones (excluding diaryl/α,β-unsaturated/α-hetero) is 1. The number of ether oxygens (including phenoxy) is 2. The molecule has 170 valence electrons. The summed E-state index contributed by atoms with van der Waals surface area (Å²) < 4.78 is 9.34. The Labute approximate surface area is 179 Å². The fourth-order valence-electron chi connectivity index (χ4n) is 2.13. The first-order chi connectivity index (χ1) is 14.6. The van der Waals surface area contributed by atoms with Crippen molar-refractivity contribution in [3.8, 4) is 0 Å². The maximum absolute atomic E-state index is 12.0. The molecule has 1 aromatic rings. The van der Waals surface area contributed by atoms with Gasteiger partial charge in [-0.2, -0.15) is 0 Å². The van der Waals surface area contributed by atoms with Crippen molar-refractivity contribution in [3.05, 3.63) is 55.1 Å². The third-order valence-electron chi connectivity index (χ3n) is 3.45. The van der Waals surface area contributed by atoms with Crippen LogP contribution in [-0.4, -0.2) is 46.1 Å². The van der Waals surface area contributed by atoms with Gasteiger partial charge in [0.15, 0.2) is 0 Å². The van der Waals surface area contributed by atoms with Gasteiger partial charge in [-0.25, -0.2) is 4.79 Å². The van der Waals surface area contributed by atoms with Crippen molar-refractivity contribution in [2.75, 3.05) is 12.9 Å². The molecule has 0 aromatic heterocycles. The van der Waals surface area contributed by atoms with Crippen molar-refractivity contribution < 1.29 is 43.7 Å². The number of carbonyl (C=O) groups excluding carboxylic acids is 3. The van der Waals surface area contributed by atoms with Crippen LogP contribution in [0.2, 0.25) is 0 Å². The molecule has 31 heavy (non-hydrogen) atoms. The van der Waals surface area contributed by atoms with Gasteiger partial charge >= 0.3 is 11.9 Å². The van der Waals surface area contributed by atoms with Crippen LogP contribution in [-0.2, 0) is 53.4 Å². The molecule has 0 radical (unpaired) electrons. The molecule has 1 aromatic carbocycles. The number of benzene rings is 1. The quantitative estimate of drug-likeness (QED) is 0.130. The van der Waals surface area contributed by atoms with E-state index >= 15 is 0 Å². The number of esters is 2. The van der Waals surface area contributed by atoms with Gasteiger partial charge < -0.3 is 24.9 Å². The second kappa shape index (κ2) is 13.0. The minimum Gasteiger partial charge on any atom is -0.469 e. The molecule has 0 aliphatic rings. The van der Waals surface area contributed by atoms with E-state index in [-0.39, 0.29) is 28.9 Å². The van der Waals surface area contributed by atoms with E-state index in [0.29, 0.717) is 0 Å². The predicted molar refractivity (Wildman–Crippen MR) is 102 cm³/mol. The smallest absolute Gasteiger partial charge is 0.377 e. The third kappa shape index (κ3) is 10.2. The standard InChI is InChI=1S/C16H19N3O11S/c1-27-13(20)2-3-31-15(17)14(21)16(22)28-7-10-4-11(8-29-18(23)24)6-12(5-10)9-30-19(25)26/h4-6,15H,2-3,7-9,17H2,1H3/t15-/m1/s1. The summed E-state index contributed by atoms with van der Waals surface area (Å²) in [5.74, 6) is -2.59. The van der Waals surface area contributed by atoms with Crippen LogP contribution in [0.25, 0.3) is 0 Å². The highest BCUT2D eigenvalue weighted by Gasteiger charge is 2.24. The SMILES string of the molecule is COC(=O)CCS[C@@H](N)C(=O)C(=O)OCc1cc(CO[N+](=O)[O-])cc(CO[N+](=O)[O-])c1. The highest BCUT2D eigenvalue weighted by molar-refractivity contribution is 8.00. The summed E-state index contributed by atoms with van der Waals surface area (Å²) in [6.07, 6.45) is 0.00516. The number of hydrogen-bond acceptors (Lipinski definition) is 13. The number of carbonyl (C=O) groups is 3. The normalized spacial score (nSPS) is 11.2. The minimum atomic E-state index is -1.25. The molecule has 2 N–H and O–H groups in total. The molecule has 14 nitrogen and oxygen atoms in total. The van der Waals surface area contributed by atoms with Gasteiger partial charge in [0, 0.05) is 5.75 Å². The lowest BCUT2D eigenvalue weighted by Gasteiger charge is -2.11. The van der Waals surface area contributed by atoms with Crippen LogP contribution in [0.15, 0.2) is 18.2 Å². The highest BCUT2D eigenvalue weighted by atomic mass is 32.2. The maximum atomic E-state index is 12.0. The number of rotatable bonds is 14. The Morgan fingerprint density at radius 1 is 1.00 bits per heavy atom. The zero-order chi connectivity index (χ0) is 23.4. The Balaban J connectivity index is 2.72. The van der Waals surface area contributed by atoms with E-state index in [2.05, 4.69) is 14.4 Å². The number of ketones is 1. The van der Waals surface area contributed by atoms with Gasteiger partial charge in [-0.05, 0) is 16.7 Å². The largest absolute Gasteiger partial charge is 0.469 e. The van der Waals surface area contributed by atoms with E-state index < -0.39 is 53.1 Å². The lowest BCUT2D eigenvalue weighted by atomic mass is 10.1. The number of nitrogens with two attached hydrogens (primary N) is 1. The molecule has 1 atom stereocenters. The average molecular weight is 461 g/mol. The molecule has 0 spiro atoms. The first kappa shape index (κ1) is 25.6. The summed E-state index contributed by atoms with van der Waals surface area (Å²) in [5, 5.41) is 17.4. The predicted octanol–water partition coefficient (Wildman–Crippen LogP) is 0.297. The number of nitrogens with zero attached hydrogens (tertiary/aromatic N) is 2. The molecule has 0 unspecified atom stereocenters. The lowest BCUT2D eigenvalue weighted by molar-refractivity contribution is -0.763. The molecule has 0 fully saturated rings. The topological polar surface area (TPSA) is 200 Å². The van der Waals surface area contributed by atoms with E-state index in [1.165, 1.54) is 25.3 Å². The van der Waals surface area contributed by atoms with Crippen LogP contribution in [0, 0.1) is 20.2 Å². The Morgan fingerprint density at radius 3 is 1.94 bits per heavy atom. The molecule has 15 heteroatoms. The Hall–Kier alpha value is -3.46. The van der Waals surface area contributed by atoms with Crippen molar-refractivity contribution >= 4 is 29.5 Å². The van der Waals surface area contributed by atoms with E-state index in [4.69, 9.17) is 10.5 Å². The average Bonchev–Trinajstić information content (AvgIpc) is 2.73. The highest BCUT2D eigenvalue weighted by Crippen LogP contribution is 2.15. The van der Waals surface area contributed by atoms with Crippen LogP contribution in [0.5, 0.6) is 0 Å². The fraction of sp³-hybridized carbons (Fsp3) is 0.438. The summed E-state index contributed by atoms with van der Waals surface area (Å²) >= 11 is 0.868.